The van der Waals surface area contributed by atoms with E-state index in [-0.39, 0.29) is 5.82 Å². The topological polar surface area (TPSA) is 38.9 Å². The third-order valence-electron chi connectivity index (χ3n) is 2.49. The van der Waals surface area contributed by atoms with Crippen LogP contribution in [0.3, 0.4) is 0 Å². The Balaban J connectivity index is 2.61. The summed E-state index contributed by atoms with van der Waals surface area (Å²) in [4.78, 5) is 4.32. The monoisotopic (exact) mass is 218 g/mol. The molecule has 0 aliphatic heterocycles. The van der Waals surface area contributed by atoms with Gasteiger partial charge in [-0.15, -0.1) is 0 Å². The van der Waals surface area contributed by atoms with Crippen molar-refractivity contribution >= 4 is 16.6 Å². The summed E-state index contributed by atoms with van der Waals surface area (Å²) in [7, 11) is 0. The smallest absolute Gasteiger partial charge is 0.149 e. The SMILES string of the molecule is CC(C)Cc1cc(N)c2cccc(F)c2n1. The van der Waals surface area contributed by atoms with E-state index in [2.05, 4.69) is 18.8 Å². The largest absolute Gasteiger partial charge is 0.398 e. The van der Waals surface area contributed by atoms with E-state index in [0.29, 0.717) is 22.5 Å². The molecule has 3 heteroatoms. The minimum Gasteiger partial charge on any atom is -0.398 e. The van der Waals surface area contributed by atoms with Crippen molar-refractivity contribution in [1.29, 1.82) is 0 Å². The van der Waals surface area contributed by atoms with Crippen LogP contribution < -0.4 is 5.73 Å². The molecule has 16 heavy (non-hydrogen) atoms. The maximum atomic E-state index is 13.6. The lowest BCUT2D eigenvalue weighted by molar-refractivity contribution is 0.625. The van der Waals surface area contributed by atoms with Crippen molar-refractivity contribution in [2.24, 2.45) is 5.92 Å². The average Bonchev–Trinajstić information content (AvgIpc) is 2.19. The molecule has 0 aliphatic carbocycles. The first kappa shape index (κ1) is 10.9. The number of para-hydroxylation sites is 1. The number of pyridine rings is 1. The molecule has 0 amide bonds. The van der Waals surface area contributed by atoms with Crippen LogP contribution in [0.5, 0.6) is 0 Å². The van der Waals surface area contributed by atoms with Gasteiger partial charge in [-0.3, -0.25) is 0 Å². The predicted molar refractivity (Wildman–Crippen MR) is 64.7 cm³/mol. The van der Waals surface area contributed by atoms with E-state index in [9.17, 15) is 4.39 Å². The molecule has 2 N–H and O–H groups in total. The van der Waals surface area contributed by atoms with Gasteiger partial charge in [0.25, 0.3) is 0 Å². The summed E-state index contributed by atoms with van der Waals surface area (Å²) < 4.78 is 13.6. The van der Waals surface area contributed by atoms with E-state index >= 15 is 0 Å². The van der Waals surface area contributed by atoms with Crippen molar-refractivity contribution in [2.45, 2.75) is 20.3 Å². The zero-order valence-electron chi connectivity index (χ0n) is 9.50. The molecule has 2 rings (SSSR count). The Hall–Kier alpha value is -1.64. The number of hydrogen-bond donors (Lipinski definition) is 1. The molecule has 1 aromatic carbocycles. The molecule has 0 atom stereocenters. The Bertz CT molecular complexity index is 521. The molecule has 2 aromatic rings. The van der Waals surface area contributed by atoms with Gasteiger partial charge in [-0.2, -0.15) is 0 Å². The van der Waals surface area contributed by atoms with Gasteiger partial charge >= 0.3 is 0 Å². The molecule has 0 saturated heterocycles. The van der Waals surface area contributed by atoms with Crippen LogP contribution >= 0.6 is 0 Å². The zero-order chi connectivity index (χ0) is 11.7. The maximum Gasteiger partial charge on any atom is 0.149 e. The van der Waals surface area contributed by atoms with Gasteiger partial charge in [0.2, 0.25) is 0 Å². The number of rotatable bonds is 2. The number of halogens is 1. The van der Waals surface area contributed by atoms with Crippen LogP contribution in [0, 0.1) is 11.7 Å². The first-order chi connectivity index (χ1) is 7.58. The minimum atomic E-state index is -0.310. The van der Waals surface area contributed by atoms with Crippen molar-refractivity contribution in [3.63, 3.8) is 0 Å². The molecule has 0 unspecified atom stereocenters. The van der Waals surface area contributed by atoms with Crippen LogP contribution in [0.1, 0.15) is 19.5 Å². The number of aromatic nitrogens is 1. The molecular formula is C13H15FN2. The summed E-state index contributed by atoms with van der Waals surface area (Å²) >= 11 is 0. The molecule has 2 nitrogen and oxygen atoms in total. The number of hydrogen-bond acceptors (Lipinski definition) is 2. The fraction of sp³-hybridized carbons (Fsp3) is 0.308. The first-order valence-corrected chi connectivity index (χ1v) is 5.41. The molecule has 0 aliphatic rings. The quantitative estimate of drug-likeness (QED) is 0.841. The summed E-state index contributed by atoms with van der Waals surface area (Å²) in [6.07, 6.45) is 0.814. The van der Waals surface area contributed by atoms with E-state index in [1.54, 1.807) is 12.1 Å². The number of fused-ring (bicyclic) bond motifs is 1. The fourth-order valence-electron chi connectivity index (χ4n) is 1.82. The van der Waals surface area contributed by atoms with Gasteiger partial charge in [0.05, 0.1) is 0 Å². The van der Waals surface area contributed by atoms with Crippen LogP contribution in [-0.4, -0.2) is 4.98 Å². The van der Waals surface area contributed by atoms with Gasteiger partial charge in [0.1, 0.15) is 11.3 Å². The Morgan fingerprint density at radius 1 is 1.38 bits per heavy atom. The lowest BCUT2D eigenvalue weighted by atomic mass is 10.1. The molecule has 0 fully saturated rings. The number of benzene rings is 1. The summed E-state index contributed by atoms with van der Waals surface area (Å²) in [6.45, 7) is 4.20. The van der Waals surface area contributed by atoms with E-state index in [4.69, 9.17) is 5.73 Å². The third-order valence-corrected chi connectivity index (χ3v) is 2.49. The molecule has 1 heterocycles. The molecular weight excluding hydrogens is 203 g/mol. The first-order valence-electron chi connectivity index (χ1n) is 5.41. The minimum absolute atomic E-state index is 0.310. The number of nitrogen functional groups attached to an aromatic ring is 1. The molecule has 0 spiro atoms. The maximum absolute atomic E-state index is 13.6. The third kappa shape index (κ3) is 1.98. The highest BCUT2D eigenvalue weighted by molar-refractivity contribution is 5.90. The van der Waals surface area contributed by atoms with E-state index in [0.717, 1.165) is 12.1 Å². The number of nitrogens with two attached hydrogens (primary N) is 1. The molecule has 0 saturated carbocycles. The standard InChI is InChI=1S/C13H15FN2/c1-8(2)6-9-7-12(15)10-4-3-5-11(14)13(10)16-9/h3-5,7-8H,6H2,1-2H3,(H2,15,16). The van der Waals surface area contributed by atoms with Gasteiger partial charge in [0.15, 0.2) is 0 Å². The number of nitrogens with zero attached hydrogens (tertiary/aromatic N) is 1. The summed E-state index contributed by atoms with van der Waals surface area (Å²) in [6, 6.07) is 6.69. The average molecular weight is 218 g/mol. The van der Waals surface area contributed by atoms with Crippen molar-refractivity contribution in [1.82, 2.24) is 4.98 Å². The molecule has 0 bridgehead atoms. The van der Waals surface area contributed by atoms with Crippen LogP contribution in [0.2, 0.25) is 0 Å². The summed E-state index contributed by atoms with van der Waals surface area (Å²) in [5, 5.41) is 0.688. The highest BCUT2D eigenvalue weighted by Crippen LogP contribution is 2.23. The van der Waals surface area contributed by atoms with Crippen LogP contribution in [0.4, 0.5) is 10.1 Å². The number of anilines is 1. The lowest BCUT2D eigenvalue weighted by Gasteiger charge is -2.08. The molecule has 0 radical (unpaired) electrons. The van der Waals surface area contributed by atoms with Crippen molar-refractivity contribution in [3.05, 3.63) is 35.8 Å². The summed E-state index contributed by atoms with van der Waals surface area (Å²) in [5.74, 6) is 0.172. The lowest BCUT2D eigenvalue weighted by Crippen LogP contribution is -2.01. The Kier molecular flexibility index (Phi) is 2.77. The van der Waals surface area contributed by atoms with Gasteiger partial charge in [-0.05, 0) is 24.5 Å². The van der Waals surface area contributed by atoms with Gasteiger partial charge in [-0.25, -0.2) is 9.37 Å². The van der Waals surface area contributed by atoms with E-state index in [1.807, 2.05) is 6.07 Å². The van der Waals surface area contributed by atoms with Crippen molar-refractivity contribution in [2.75, 3.05) is 5.73 Å². The second-order valence-electron chi connectivity index (χ2n) is 4.44. The Morgan fingerprint density at radius 2 is 2.12 bits per heavy atom. The fourth-order valence-corrected chi connectivity index (χ4v) is 1.82. The highest BCUT2D eigenvalue weighted by Gasteiger charge is 2.08. The predicted octanol–water partition coefficient (Wildman–Crippen LogP) is 3.15. The van der Waals surface area contributed by atoms with E-state index < -0.39 is 0 Å². The van der Waals surface area contributed by atoms with E-state index in [1.165, 1.54) is 6.07 Å². The van der Waals surface area contributed by atoms with Gasteiger partial charge in [-0.1, -0.05) is 26.0 Å². The van der Waals surface area contributed by atoms with Crippen LogP contribution in [-0.2, 0) is 6.42 Å². The second-order valence-corrected chi connectivity index (χ2v) is 4.44. The highest BCUT2D eigenvalue weighted by atomic mass is 19.1. The van der Waals surface area contributed by atoms with Gasteiger partial charge in [0, 0.05) is 16.8 Å². The van der Waals surface area contributed by atoms with Gasteiger partial charge < -0.3 is 5.73 Å². The Labute approximate surface area is 94.3 Å². The second kappa shape index (κ2) is 4.08. The van der Waals surface area contributed by atoms with Crippen molar-refractivity contribution in [3.8, 4) is 0 Å². The Morgan fingerprint density at radius 3 is 2.81 bits per heavy atom. The summed E-state index contributed by atoms with van der Waals surface area (Å²) in [5.41, 5.74) is 7.72. The molecule has 84 valence electrons. The van der Waals surface area contributed by atoms with Crippen LogP contribution in [0.25, 0.3) is 10.9 Å². The normalized spacial score (nSPS) is 11.2. The zero-order valence-corrected chi connectivity index (χ0v) is 9.50. The van der Waals surface area contributed by atoms with Crippen molar-refractivity contribution < 1.29 is 4.39 Å². The van der Waals surface area contributed by atoms with Crippen LogP contribution in [0.15, 0.2) is 24.3 Å². The molecule has 1 aromatic heterocycles.